The number of hydroxylamine groups is 2. The van der Waals surface area contributed by atoms with Gasteiger partial charge in [0.2, 0.25) is 5.72 Å². The van der Waals surface area contributed by atoms with Crippen molar-refractivity contribution in [1.29, 1.82) is 0 Å². The van der Waals surface area contributed by atoms with Gasteiger partial charge in [0, 0.05) is 25.7 Å². The first-order valence-corrected chi connectivity index (χ1v) is 5.22. The van der Waals surface area contributed by atoms with Crippen molar-refractivity contribution in [3.63, 3.8) is 0 Å². The van der Waals surface area contributed by atoms with Crippen molar-refractivity contribution in [2.45, 2.75) is 19.1 Å². The summed E-state index contributed by atoms with van der Waals surface area (Å²) < 4.78 is -0.841. The van der Waals surface area contributed by atoms with Crippen LogP contribution in [0.1, 0.15) is 12.5 Å². The molecule has 16 heavy (non-hydrogen) atoms. The fourth-order valence-corrected chi connectivity index (χ4v) is 1.79. The average molecular weight is 221 g/mol. The number of aliphatic hydroxyl groups is 2. The summed E-state index contributed by atoms with van der Waals surface area (Å²) in [4.78, 5) is 0. The zero-order chi connectivity index (χ0) is 11.8. The van der Waals surface area contributed by atoms with Gasteiger partial charge in [0.25, 0.3) is 0 Å². The number of benzene rings is 1. The SMILES string of the molecule is CC1(O)C=C[N+]1([O-])c1ccc(CCO)cc1. The normalized spacial score (nSPS) is 32.5. The van der Waals surface area contributed by atoms with Gasteiger partial charge in [-0.15, -0.1) is 0 Å². The largest absolute Gasteiger partial charge is 0.620 e. The molecule has 0 saturated heterocycles. The third-order valence-electron chi connectivity index (χ3n) is 2.99. The molecule has 0 aliphatic carbocycles. The maximum atomic E-state index is 12.2. The standard InChI is InChI=1S/C12H15NO3/c1-12(15)7-8-13(12,16)11-4-2-10(3-5-11)6-9-14/h2-5,7-8,14-15H,6,9H2,1H3. The third kappa shape index (κ3) is 1.56. The second-order valence-corrected chi connectivity index (χ2v) is 4.21. The summed E-state index contributed by atoms with van der Waals surface area (Å²) in [6.07, 6.45) is 3.48. The van der Waals surface area contributed by atoms with Crippen LogP contribution in [0, 0.1) is 5.21 Å². The molecule has 1 aromatic carbocycles. The molecule has 4 nitrogen and oxygen atoms in total. The number of quaternary nitrogens is 1. The first-order valence-electron chi connectivity index (χ1n) is 5.22. The molecule has 2 rings (SSSR count). The van der Waals surface area contributed by atoms with Crippen LogP contribution in [0.3, 0.4) is 0 Å². The summed E-state index contributed by atoms with van der Waals surface area (Å²) in [6.45, 7) is 1.58. The molecule has 86 valence electrons. The maximum absolute atomic E-state index is 12.2. The average Bonchev–Trinajstić information content (AvgIpc) is 2.28. The van der Waals surface area contributed by atoms with Gasteiger partial charge >= 0.3 is 0 Å². The third-order valence-corrected chi connectivity index (χ3v) is 2.99. The summed E-state index contributed by atoms with van der Waals surface area (Å²) >= 11 is 0. The van der Waals surface area contributed by atoms with Gasteiger partial charge in [0.15, 0.2) is 0 Å². The summed E-state index contributed by atoms with van der Waals surface area (Å²) in [5.74, 6) is 0. The van der Waals surface area contributed by atoms with Crippen molar-refractivity contribution < 1.29 is 10.2 Å². The summed E-state index contributed by atoms with van der Waals surface area (Å²) in [5.41, 5.74) is 0.0922. The van der Waals surface area contributed by atoms with Crippen molar-refractivity contribution in [2.75, 3.05) is 6.61 Å². The van der Waals surface area contributed by atoms with Crippen LogP contribution in [0.4, 0.5) is 5.69 Å². The number of hydrogen-bond acceptors (Lipinski definition) is 3. The lowest BCUT2D eigenvalue weighted by Crippen LogP contribution is -2.61. The van der Waals surface area contributed by atoms with Gasteiger partial charge in [-0.25, -0.2) is 0 Å². The Hall–Kier alpha value is -1.20. The molecule has 4 heteroatoms. The lowest BCUT2D eigenvalue weighted by molar-refractivity contribution is -0.0171. The maximum Gasteiger partial charge on any atom is 0.231 e. The Bertz CT molecular complexity index is 411. The lowest BCUT2D eigenvalue weighted by Gasteiger charge is -2.52. The number of aliphatic hydroxyl groups excluding tert-OH is 1. The minimum atomic E-state index is -1.38. The molecular formula is C12H15NO3. The quantitative estimate of drug-likeness (QED) is 0.596. The van der Waals surface area contributed by atoms with Crippen molar-refractivity contribution in [3.05, 3.63) is 47.3 Å². The molecule has 0 saturated carbocycles. The Morgan fingerprint density at radius 1 is 1.31 bits per heavy atom. The van der Waals surface area contributed by atoms with Gasteiger partial charge in [0.1, 0.15) is 11.9 Å². The van der Waals surface area contributed by atoms with Gasteiger partial charge in [0.05, 0.1) is 6.08 Å². The van der Waals surface area contributed by atoms with Crippen molar-refractivity contribution in [3.8, 4) is 0 Å². The summed E-state index contributed by atoms with van der Waals surface area (Å²) in [5, 5.41) is 30.8. The minimum absolute atomic E-state index is 0.0916. The van der Waals surface area contributed by atoms with E-state index in [4.69, 9.17) is 5.11 Å². The minimum Gasteiger partial charge on any atom is -0.620 e. The zero-order valence-corrected chi connectivity index (χ0v) is 9.13. The van der Waals surface area contributed by atoms with E-state index in [-0.39, 0.29) is 6.61 Å². The highest BCUT2D eigenvalue weighted by molar-refractivity contribution is 5.53. The zero-order valence-electron chi connectivity index (χ0n) is 9.13. The van der Waals surface area contributed by atoms with Crippen LogP contribution in [0.15, 0.2) is 36.5 Å². The molecule has 0 spiro atoms. The Morgan fingerprint density at radius 2 is 1.94 bits per heavy atom. The Balaban J connectivity index is 2.26. The van der Waals surface area contributed by atoms with Crippen LogP contribution in [-0.2, 0) is 6.42 Å². The molecule has 0 radical (unpaired) electrons. The molecule has 1 aromatic rings. The van der Waals surface area contributed by atoms with Crippen molar-refractivity contribution in [1.82, 2.24) is 4.65 Å². The van der Waals surface area contributed by atoms with E-state index in [1.807, 2.05) is 0 Å². The van der Waals surface area contributed by atoms with E-state index in [9.17, 15) is 10.3 Å². The molecule has 0 amide bonds. The van der Waals surface area contributed by atoms with Gasteiger partial charge in [-0.1, -0.05) is 12.1 Å². The molecule has 1 aliphatic rings. The predicted octanol–water partition coefficient (Wildman–Crippen LogP) is 1.26. The lowest BCUT2D eigenvalue weighted by atomic mass is 10.0. The summed E-state index contributed by atoms with van der Waals surface area (Å²) in [7, 11) is 0. The van der Waals surface area contributed by atoms with E-state index in [2.05, 4.69) is 0 Å². The second kappa shape index (κ2) is 3.68. The van der Waals surface area contributed by atoms with Crippen LogP contribution in [-0.4, -0.2) is 22.5 Å². The first-order chi connectivity index (χ1) is 7.49. The van der Waals surface area contributed by atoms with E-state index in [0.717, 1.165) is 5.56 Å². The molecule has 1 heterocycles. The molecule has 0 fully saturated rings. The second-order valence-electron chi connectivity index (χ2n) is 4.21. The van der Waals surface area contributed by atoms with E-state index in [0.29, 0.717) is 12.1 Å². The Morgan fingerprint density at radius 3 is 2.31 bits per heavy atom. The van der Waals surface area contributed by atoms with E-state index in [1.54, 1.807) is 24.3 Å². The fourth-order valence-electron chi connectivity index (χ4n) is 1.79. The van der Waals surface area contributed by atoms with Gasteiger partial charge in [-0.2, -0.15) is 0 Å². The molecule has 2 N–H and O–H groups in total. The van der Waals surface area contributed by atoms with Crippen molar-refractivity contribution in [2.24, 2.45) is 0 Å². The Labute approximate surface area is 94.2 Å². The van der Waals surface area contributed by atoms with Crippen LogP contribution < -0.4 is 4.65 Å². The highest BCUT2D eigenvalue weighted by Gasteiger charge is 2.45. The van der Waals surface area contributed by atoms with Gasteiger partial charge in [-0.3, -0.25) is 4.65 Å². The van der Waals surface area contributed by atoms with Crippen molar-refractivity contribution >= 4 is 5.69 Å². The van der Waals surface area contributed by atoms with Gasteiger partial charge < -0.3 is 15.4 Å². The molecule has 0 aromatic heterocycles. The highest BCUT2D eigenvalue weighted by Crippen LogP contribution is 2.38. The molecule has 2 unspecified atom stereocenters. The van der Waals surface area contributed by atoms with Gasteiger partial charge in [-0.05, 0) is 12.0 Å². The number of hydrogen-bond donors (Lipinski definition) is 2. The molecular weight excluding hydrogens is 206 g/mol. The molecule has 0 bridgehead atoms. The van der Waals surface area contributed by atoms with E-state index in [1.165, 1.54) is 19.2 Å². The number of rotatable bonds is 3. The highest BCUT2D eigenvalue weighted by atomic mass is 16.6. The van der Waals surface area contributed by atoms with Crippen LogP contribution in [0.25, 0.3) is 0 Å². The number of nitrogens with zero attached hydrogens (tertiary/aromatic N) is 1. The van der Waals surface area contributed by atoms with Crippen LogP contribution in [0.2, 0.25) is 0 Å². The molecule has 1 aliphatic heterocycles. The monoisotopic (exact) mass is 221 g/mol. The van der Waals surface area contributed by atoms with Crippen LogP contribution >= 0.6 is 0 Å². The Kier molecular flexibility index (Phi) is 2.59. The predicted molar refractivity (Wildman–Crippen MR) is 62.2 cm³/mol. The first kappa shape index (κ1) is 11.3. The van der Waals surface area contributed by atoms with E-state index < -0.39 is 10.4 Å². The molecule has 2 atom stereocenters. The summed E-state index contributed by atoms with van der Waals surface area (Å²) in [6, 6.07) is 6.98. The van der Waals surface area contributed by atoms with Crippen LogP contribution in [0.5, 0.6) is 0 Å². The topological polar surface area (TPSA) is 63.5 Å². The fraction of sp³-hybridized carbons (Fsp3) is 0.333. The van der Waals surface area contributed by atoms with E-state index >= 15 is 0 Å². The smallest absolute Gasteiger partial charge is 0.231 e.